The van der Waals surface area contributed by atoms with Crippen LogP contribution in [-0.2, 0) is 19.6 Å². The summed E-state index contributed by atoms with van der Waals surface area (Å²) < 4.78 is 0. The van der Waals surface area contributed by atoms with Gasteiger partial charge in [0.05, 0.1) is 13.2 Å². The van der Waals surface area contributed by atoms with Crippen LogP contribution in [0.25, 0.3) is 0 Å². The number of aromatic hydroxyl groups is 1. The maximum absolute atomic E-state index is 9.64. The highest BCUT2D eigenvalue weighted by atomic mass is 16.3. The minimum Gasteiger partial charge on any atom is -0.508 e. The summed E-state index contributed by atoms with van der Waals surface area (Å²) >= 11 is 0. The number of benzene rings is 1. The van der Waals surface area contributed by atoms with Gasteiger partial charge in [0, 0.05) is 5.56 Å². The summed E-state index contributed by atoms with van der Waals surface area (Å²) in [4.78, 5) is 0. The molecule has 3 nitrogen and oxygen atoms in total. The van der Waals surface area contributed by atoms with Crippen molar-refractivity contribution in [3.63, 3.8) is 0 Å². The van der Waals surface area contributed by atoms with Gasteiger partial charge in [-0.2, -0.15) is 0 Å². The minimum absolute atomic E-state index is 0.0678. The predicted molar refractivity (Wildman–Crippen MR) is 77.0 cm³/mol. The highest BCUT2D eigenvalue weighted by Crippen LogP contribution is 2.26. The van der Waals surface area contributed by atoms with Crippen LogP contribution in [0.15, 0.2) is 12.1 Å². The fourth-order valence-electron chi connectivity index (χ4n) is 2.43. The van der Waals surface area contributed by atoms with Gasteiger partial charge < -0.3 is 15.3 Å². The number of aliphatic hydroxyl groups excluding tert-OH is 2. The third-order valence-electron chi connectivity index (χ3n) is 3.62. The Kier molecular flexibility index (Phi) is 7.53. The molecule has 108 valence electrons. The molecular formula is C16H26O3. The lowest BCUT2D eigenvalue weighted by atomic mass is 9.96. The van der Waals surface area contributed by atoms with Crippen molar-refractivity contribution < 1.29 is 15.3 Å². The number of aliphatic hydroxyl groups is 2. The fourth-order valence-corrected chi connectivity index (χ4v) is 2.43. The Hall–Kier alpha value is -1.06. The van der Waals surface area contributed by atoms with Crippen LogP contribution < -0.4 is 0 Å². The van der Waals surface area contributed by atoms with Gasteiger partial charge in [0.25, 0.3) is 0 Å². The molecule has 0 aliphatic rings. The van der Waals surface area contributed by atoms with Crippen molar-refractivity contribution in [1.82, 2.24) is 0 Å². The molecule has 0 fully saturated rings. The minimum atomic E-state index is -0.230. The molecule has 1 rings (SSSR count). The van der Waals surface area contributed by atoms with Crippen LogP contribution in [0.4, 0.5) is 0 Å². The van der Waals surface area contributed by atoms with Crippen molar-refractivity contribution in [2.75, 3.05) is 0 Å². The number of hydrogen-bond acceptors (Lipinski definition) is 3. The third kappa shape index (κ3) is 4.84. The van der Waals surface area contributed by atoms with Crippen molar-refractivity contribution in [2.24, 2.45) is 0 Å². The molecule has 0 heterocycles. The van der Waals surface area contributed by atoms with Gasteiger partial charge in [0.2, 0.25) is 0 Å². The largest absolute Gasteiger partial charge is 0.508 e. The van der Waals surface area contributed by atoms with Gasteiger partial charge in [-0.05, 0) is 30.0 Å². The average molecular weight is 266 g/mol. The first kappa shape index (κ1) is 16.0. The van der Waals surface area contributed by atoms with Crippen molar-refractivity contribution in [2.45, 2.75) is 65.1 Å². The van der Waals surface area contributed by atoms with Crippen LogP contribution in [0.2, 0.25) is 0 Å². The summed E-state index contributed by atoms with van der Waals surface area (Å²) in [5.74, 6) is 0.0678. The van der Waals surface area contributed by atoms with E-state index < -0.39 is 0 Å². The first-order valence-corrected chi connectivity index (χ1v) is 7.28. The van der Waals surface area contributed by atoms with Gasteiger partial charge >= 0.3 is 0 Å². The van der Waals surface area contributed by atoms with Crippen LogP contribution in [-0.4, -0.2) is 15.3 Å². The summed E-state index contributed by atoms with van der Waals surface area (Å²) in [6.07, 6.45) is 8.29. The smallest absolute Gasteiger partial charge is 0.121 e. The first-order chi connectivity index (χ1) is 9.24. The van der Waals surface area contributed by atoms with Gasteiger partial charge in [-0.25, -0.2) is 0 Å². The maximum atomic E-state index is 9.64. The van der Waals surface area contributed by atoms with Crippen LogP contribution in [0.3, 0.4) is 0 Å². The Bertz CT molecular complexity index is 375. The number of hydrogen-bond donors (Lipinski definition) is 3. The Balaban J connectivity index is 2.53. The molecule has 1 aromatic carbocycles. The van der Waals surface area contributed by atoms with E-state index in [9.17, 15) is 15.3 Å². The van der Waals surface area contributed by atoms with Gasteiger partial charge in [-0.3, -0.25) is 0 Å². The highest BCUT2D eigenvalue weighted by molar-refractivity contribution is 5.43. The summed E-state index contributed by atoms with van der Waals surface area (Å²) in [6, 6.07) is 3.46. The molecule has 0 unspecified atom stereocenters. The van der Waals surface area contributed by atoms with E-state index >= 15 is 0 Å². The number of rotatable bonds is 9. The van der Waals surface area contributed by atoms with E-state index in [1.54, 1.807) is 6.07 Å². The van der Waals surface area contributed by atoms with E-state index in [2.05, 4.69) is 6.92 Å². The van der Waals surface area contributed by atoms with E-state index in [1.807, 2.05) is 6.07 Å². The second-order valence-electron chi connectivity index (χ2n) is 5.03. The lowest BCUT2D eigenvalue weighted by Crippen LogP contribution is -2.01. The van der Waals surface area contributed by atoms with E-state index in [4.69, 9.17) is 0 Å². The Morgan fingerprint density at radius 1 is 0.842 bits per heavy atom. The van der Waals surface area contributed by atoms with Crippen molar-refractivity contribution in [3.05, 3.63) is 28.8 Å². The molecule has 0 aliphatic heterocycles. The van der Waals surface area contributed by atoms with Crippen molar-refractivity contribution >= 4 is 0 Å². The molecule has 19 heavy (non-hydrogen) atoms. The second kappa shape index (κ2) is 8.94. The standard InChI is InChI=1S/C16H26O3/c1-2-3-4-5-6-7-8-13-9-10-16(19)15(12-18)14(13)11-17/h9-10,17-19H,2-8,11-12H2,1H3. The Morgan fingerprint density at radius 2 is 1.47 bits per heavy atom. The Morgan fingerprint density at radius 3 is 2.11 bits per heavy atom. The molecule has 0 spiro atoms. The SMILES string of the molecule is CCCCCCCCc1ccc(O)c(CO)c1CO. The lowest BCUT2D eigenvalue weighted by Gasteiger charge is -2.13. The van der Waals surface area contributed by atoms with Gasteiger partial charge in [0.1, 0.15) is 5.75 Å². The third-order valence-corrected chi connectivity index (χ3v) is 3.62. The molecule has 0 radical (unpaired) electrons. The molecule has 3 heteroatoms. The molecule has 0 saturated carbocycles. The highest BCUT2D eigenvalue weighted by Gasteiger charge is 2.11. The molecule has 0 aliphatic carbocycles. The van der Waals surface area contributed by atoms with Crippen molar-refractivity contribution in [1.29, 1.82) is 0 Å². The maximum Gasteiger partial charge on any atom is 0.121 e. The van der Waals surface area contributed by atoms with Crippen LogP contribution in [0.1, 0.15) is 62.1 Å². The van der Waals surface area contributed by atoms with Crippen LogP contribution in [0.5, 0.6) is 5.75 Å². The van der Waals surface area contributed by atoms with E-state index in [0.29, 0.717) is 11.1 Å². The predicted octanol–water partition coefficient (Wildman–Crippen LogP) is 3.28. The first-order valence-electron chi connectivity index (χ1n) is 7.28. The molecule has 0 bridgehead atoms. The van der Waals surface area contributed by atoms with Gasteiger partial charge in [-0.1, -0.05) is 45.1 Å². The number of aryl methyl sites for hydroxylation is 1. The zero-order valence-electron chi connectivity index (χ0n) is 11.9. The van der Waals surface area contributed by atoms with Gasteiger partial charge in [-0.15, -0.1) is 0 Å². The quantitative estimate of drug-likeness (QED) is 0.601. The summed E-state index contributed by atoms with van der Waals surface area (Å²) in [5, 5.41) is 28.3. The second-order valence-corrected chi connectivity index (χ2v) is 5.03. The normalized spacial score (nSPS) is 10.9. The molecule has 1 aromatic rings. The lowest BCUT2D eigenvalue weighted by molar-refractivity contribution is 0.254. The molecule has 0 saturated heterocycles. The van der Waals surface area contributed by atoms with Crippen LogP contribution in [0, 0.1) is 0 Å². The molecular weight excluding hydrogens is 240 g/mol. The summed E-state index contributed by atoms with van der Waals surface area (Å²) in [5.41, 5.74) is 2.20. The van der Waals surface area contributed by atoms with Crippen molar-refractivity contribution in [3.8, 4) is 5.75 Å². The molecule has 3 N–H and O–H groups in total. The number of phenols is 1. The molecule has 0 aromatic heterocycles. The number of unbranched alkanes of at least 4 members (excludes halogenated alkanes) is 5. The summed E-state index contributed by atoms with van der Waals surface area (Å²) in [7, 11) is 0. The van der Waals surface area contributed by atoms with E-state index in [-0.39, 0.29) is 19.0 Å². The fraction of sp³-hybridized carbons (Fsp3) is 0.625. The summed E-state index contributed by atoms with van der Waals surface area (Å²) in [6.45, 7) is 1.85. The average Bonchev–Trinajstić information content (AvgIpc) is 2.43. The van der Waals surface area contributed by atoms with Gasteiger partial charge in [0.15, 0.2) is 0 Å². The van der Waals surface area contributed by atoms with E-state index in [0.717, 1.165) is 18.4 Å². The van der Waals surface area contributed by atoms with E-state index in [1.165, 1.54) is 32.1 Å². The topological polar surface area (TPSA) is 60.7 Å². The zero-order valence-corrected chi connectivity index (χ0v) is 11.9. The van der Waals surface area contributed by atoms with Crippen LogP contribution >= 0.6 is 0 Å². The zero-order chi connectivity index (χ0) is 14.1. The Labute approximate surface area is 115 Å². The monoisotopic (exact) mass is 266 g/mol. The molecule has 0 atom stereocenters. The molecule has 0 amide bonds.